The second-order valence-electron chi connectivity index (χ2n) is 5.51. The number of hydrogen-bond donors (Lipinski definition) is 1. The van der Waals surface area contributed by atoms with Crippen molar-refractivity contribution in [2.24, 2.45) is 5.92 Å². The predicted molar refractivity (Wildman–Crippen MR) is 63.0 cm³/mol. The molecule has 1 aliphatic rings. The maximum absolute atomic E-state index is 4.45. The van der Waals surface area contributed by atoms with Crippen molar-refractivity contribution in [1.82, 2.24) is 10.3 Å². The molecule has 0 amide bonds. The van der Waals surface area contributed by atoms with Gasteiger partial charge in [0.25, 0.3) is 0 Å². The van der Waals surface area contributed by atoms with Gasteiger partial charge in [-0.25, -0.2) is 0 Å². The lowest BCUT2D eigenvalue weighted by Gasteiger charge is -2.27. The maximum atomic E-state index is 4.45. The van der Waals surface area contributed by atoms with E-state index >= 15 is 0 Å². The van der Waals surface area contributed by atoms with Gasteiger partial charge in [-0.05, 0) is 48.5 Å². The van der Waals surface area contributed by atoms with E-state index in [9.17, 15) is 0 Å². The van der Waals surface area contributed by atoms with Crippen LogP contribution in [0.5, 0.6) is 0 Å². The average molecular weight is 204 g/mol. The van der Waals surface area contributed by atoms with Crippen LogP contribution in [0.25, 0.3) is 0 Å². The van der Waals surface area contributed by atoms with Crippen molar-refractivity contribution in [2.75, 3.05) is 13.1 Å². The number of nitrogens with zero attached hydrogens (tertiary/aromatic N) is 1. The number of hydrogen-bond acceptors (Lipinski definition) is 2. The second kappa shape index (κ2) is 3.93. The van der Waals surface area contributed by atoms with E-state index in [1.165, 1.54) is 11.3 Å². The zero-order valence-corrected chi connectivity index (χ0v) is 9.88. The number of aromatic nitrogens is 1. The molecule has 15 heavy (non-hydrogen) atoms. The van der Waals surface area contributed by atoms with E-state index in [0.717, 1.165) is 25.4 Å². The highest BCUT2D eigenvalue weighted by Crippen LogP contribution is 2.23. The monoisotopic (exact) mass is 204 g/mol. The van der Waals surface area contributed by atoms with E-state index in [-0.39, 0.29) is 5.41 Å². The van der Waals surface area contributed by atoms with Crippen LogP contribution in [0.4, 0.5) is 0 Å². The van der Waals surface area contributed by atoms with Crippen LogP contribution in [-0.4, -0.2) is 18.1 Å². The fourth-order valence-electron chi connectivity index (χ4n) is 1.84. The zero-order chi connectivity index (χ0) is 10.9. The average Bonchev–Trinajstić information content (AvgIpc) is 2.11. The Morgan fingerprint density at radius 3 is 2.67 bits per heavy atom. The molecule has 0 radical (unpaired) electrons. The van der Waals surface area contributed by atoms with Gasteiger partial charge in [0.15, 0.2) is 0 Å². The van der Waals surface area contributed by atoms with Crippen LogP contribution in [0.15, 0.2) is 18.3 Å². The molecule has 1 aliphatic heterocycles. The Balaban J connectivity index is 2.11. The normalized spacial score (nSPS) is 17.5. The minimum atomic E-state index is 0.232. The van der Waals surface area contributed by atoms with Gasteiger partial charge in [-0.1, -0.05) is 20.8 Å². The molecule has 2 heterocycles. The summed E-state index contributed by atoms with van der Waals surface area (Å²) >= 11 is 0. The van der Waals surface area contributed by atoms with Gasteiger partial charge in [-0.2, -0.15) is 0 Å². The van der Waals surface area contributed by atoms with E-state index in [1.807, 2.05) is 6.20 Å². The van der Waals surface area contributed by atoms with E-state index in [2.05, 4.69) is 43.2 Å². The van der Waals surface area contributed by atoms with Gasteiger partial charge in [-0.3, -0.25) is 4.98 Å². The molecule has 0 unspecified atom stereocenters. The van der Waals surface area contributed by atoms with Crippen LogP contribution in [-0.2, 0) is 11.8 Å². The summed E-state index contributed by atoms with van der Waals surface area (Å²) in [5.41, 5.74) is 2.86. The number of nitrogens with one attached hydrogen (secondary N) is 1. The van der Waals surface area contributed by atoms with Gasteiger partial charge >= 0.3 is 0 Å². The Morgan fingerprint density at radius 2 is 2.13 bits per heavy atom. The summed E-state index contributed by atoms with van der Waals surface area (Å²) in [5.74, 6) is 0.799. The van der Waals surface area contributed by atoms with Crippen molar-refractivity contribution in [3.8, 4) is 0 Å². The van der Waals surface area contributed by atoms with Crippen LogP contribution >= 0.6 is 0 Å². The fraction of sp³-hybridized carbons (Fsp3) is 0.615. The van der Waals surface area contributed by atoms with Crippen molar-refractivity contribution in [2.45, 2.75) is 32.6 Å². The Labute approximate surface area is 92.1 Å². The van der Waals surface area contributed by atoms with Crippen LogP contribution < -0.4 is 5.32 Å². The first-order chi connectivity index (χ1) is 7.05. The molecule has 1 N–H and O–H groups in total. The highest BCUT2D eigenvalue weighted by Gasteiger charge is 2.19. The lowest BCUT2D eigenvalue weighted by molar-refractivity contribution is 0.344. The molecule has 0 aromatic carbocycles. The number of rotatable bonds is 2. The van der Waals surface area contributed by atoms with E-state index in [1.54, 1.807) is 0 Å². The second-order valence-corrected chi connectivity index (χ2v) is 5.51. The summed E-state index contributed by atoms with van der Waals surface area (Å²) in [5, 5.41) is 3.30. The van der Waals surface area contributed by atoms with Crippen LogP contribution in [0.1, 0.15) is 32.0 Å². The third kappa shape index (κ3) is 2.57. The quantitative estimate of drug-likeness (QED) is 0.798. The molecule has 82 valence electrons. The lowest BCUT2D eigenvalue weighted by Crippen LogP contribution is -2.43. The standard InChI is InChI=1S/C13H20N2/c1-13(2,3)11-4-5-15-12(7-11)6-10-8-14-9-10/h4-5,7,10,14H,6,8-9H2,1-3H3. The SMILES string of the molecule is CC(C)(C)c1ccnc(CC2CNC2)c1. The fourth-order valence-corrected chi connectivity index (χ4v) is 1.84. The summed E-state index contributed by atoms with van der Waals surface area (Å²) in [7, 11) is 0. The first-order valence-electron chi connectivity index (χ1n) is 5.72. The van der Waals surface area contributed by atoms with Crippen LogP contribution in [0, 0.1) is 5.92 Å². The number of pyridine rings is 1. The van der Waals surface area contributed by atoms with Crippen molar-refractivity contribution >= 4 is 0 Å². The molecule has 0 spiro atoms. The Morgan fingerprint density at radius 1 is 1.40 bits per heavy atom. The Kier molecular flexibility index (Phi) is 2.79. The molecule has 1 aromatic heterocycles. The topological polar surface area (TPSA) is 24.9 Å². The minimum absolute atomic E-state index is 0.232. The Bertz CT molecular complexity index is 335. The third-order valence-corrected chi connectivity index (χ3v) is 3.05. The summed E-state index contributed by atoms with van der Waals surface area (Å²) in [6.45, 7) is 9.05. The Hall–Kier alpha value is -0.890. The summed E-state index contributed by atoms with van der Waals surface area (Å²) in [6.07, 6.45) is 3.07. The van der Waals surface area contributed by atoms with Crippen molar-refractivity contribution in [1.29, 1.82) is 0 Å². The predicted octanol–water partition coefficient (Wildman–Crippen LogP) is 2.14. The van der Waals surface area contributed by atoms with Crippen LogP contribution in [0.3, 0.4) is 0 Å². The summed E-state index contributed by atoms with van der Waals surface area (Å²) in [6, 6.07) is 4.39. The molecule has 0 aliphatic carbocycles. The molecule has 1 saturated heterocycles. The van der Waals surface area contributed by atoms with E-state index in [0.29, 0.717) is 0 Å². The third-order valence-electron chi connectivity index (χ3n) is 3.05. The molecular formula is C13H20N2. The van der Waals surface area contributed by atoms with Gasteiger partial charge < -0.3 is 5.32 Å². The molecule has 0 atom stereocenters. The molecule has 2 heteroatoms. The molecule has 1 fully saturated rings. The van der Waals surface area contributed by atoms with Crippen molar-refractivity contribution in [3.05, 3.63) is 29.6 Å². The van der Waals surface area contributed by atoms with E-state index in [4.69, 9.17) is 0 Å². The van der Waals surface area contributed by atoms with Gasteiger partial charge in [0.05, 0.1) is 0 Å². The molecule has 0 saturated carbocycles. The summed E-state index contributed by atoms with van der Waals surface area (Å²) < 4.78 is 0. The molecule has 0 bridgehead atoms. The molecule has 1 aromatic rings. The molecule has 2 rings (SSSR count). The maximum Gasteiger partial charge on any atom is 0.0410 e. The highest BCUT2D eigenvalue weighted by molar-refractivity contribution is 5.24. The van der Waals surface area contributed by atoms with Gasteiger partial charge in [0.2, 0.25) is 0 Å². The van der Waals surface area contributed by atoms with Crippen molar-refractivity contribution in [3.63, 3.8) is 0 Å². The smallest absolute Gasteiger partial charge is 0.0410 e. The lowest BCUT2D eigenvalue weighted by atomic mass is 9.86. The van der Waals surface area contributed by atoms with Crippen molar-refractivity contribution < 1.29 is 0 Å². The minimum Gasteiger partial charge on any atom is -0.316 e. The van der Waals surface area contributed by atoms with Crippen LogP contribution in [0.2, 0.25) is 0 Å². The summed E-state index contributed by atoms with van der Waals surface area (Å²) in [4.78, 5) is 4.45. The van der Waals surface area contributed by atoms with Gasteiger partial charge in [-0.15, -0.1) is 0 Å². The zero-order valence-electron chi connectivity index (χ0n) is 9.88. The largest absolute Gasteiger partial charge is 0.316 e. The first kappa shape index (κ1) is 10.6. The highest BCUT2D eigenvalue weighted by atomic mass is 14.9. The first-order valence-corrected chi connectivity index (χ1v) is 5.72. The molecule has 2 nitrogen and oxygen atoms in total. The van der Waals surface area contributed by atoms with E-state index < -0.39 is 0 Å². The van der Waals surface area contributed by atoms with Gasteiger partial charge in [0.1, 0.15) is 0 Å². The van der Waals surface area contributed by atoms with Gasteiger partial charge in [0, 0.05) is 11.9 Å². The molecular weight excluding hydrogens is 184 g/mol.